The second kappa shape index (κ2) is 23.1. The third-order valence-corrected chi connectivity index (χ3v) is 12.3. The Hall–Kier alpha value is -5.80. The minimum atomic E-state index is -1.03. The molecule has 4 aromatic rings. The van der Waals surface area contributed by atoms with Crippen LogP contribution in [-0.2, 0) is 54.7 Å². The van der Waals surface area contributed by atoms with Crippen LogP contribution in [0.5, 0.6) is 0 Å². The molecule has 2 aromatic carbocycles. The lowest BCUT2D eigenvalue weighted by Gasteiger charge is -2.34. The fourth-order valence-electron chi connectivity index (χ4n) is 9.04. The number of aromatic nitrogens is 2. The first-order valence-corrected chi connectivity index (χ1v) is 23.2. The van der Waals surface area contributed by atoms with Gasteiger partial charge in [0.15, 0.2) is 6.61 Å². The van der Waals surface area contributed by atoms with E-state index in [-0.39, 0.29) is 31.3 Å². The van der Waals surface area contributed by atoms with Crippen molar-refractivity contribution >= 4 is 34.6 Å². The zero-order valence-corrected chi connectivity index (χ0v) is 40.0. The molecule has 4 heterocycles. The number of likely N-dealkylation sites (N-methyl/N-ethyl adjacent to an activating group) is 1. The average molecular weight is 907 g/mol. The molecule has 16 nitrogen and oxygen atoms in total. The number of aryl methyl sites for hydroxylation is 1. The van der Waals surface area contributed by atoms with Crippen molar-refractivity contribution in [1.82, 2.24) is 30.2 Å². The number of nitrogens with zero attached hydrogens (tertiary/aromatic N) is 7. The van der Waals surface area contributed by atoms with E-state index in [1.54, 1.807) is 27.5 Å². The quantitative estimate of drug-likeness (QED) is 0.0908. The van der Waals surface area contributed by atoms with Gasteiger partial charge in [0.2, 0.25) is 16.7 Å². The molecule has 3 amide bonds. The maximum absolute atomic E-state index is 14.6. The van der Waals surface area contributed by atoms with Crippen LogP contribution in [-0.4, -0.2) is 120 Å². The number of hydrogen-bond acceptors (Lipinski definition) is 11. The normalized spacial score (nSPS) is 18.0. The van der Waals surface area contributed by atoms with E-state index in [1.807, 2.05) is 38.2 Å². The smallest absolute Gasteiger partial charge is 0.326 e. The van der Waals surface area contributed by atoms with Crippen LogP contribution >= 0.6 is 0 Å². The van der Waals surface area contributed by atoms with E-state index in [0.717, 1.165) is 56.4 Å². The van der Waals surface area contributed by atoms with Crippen molar-refractivity contribution in [3.05, 3.63) is 82.5 Å². The monoisotopic (exact) mass is 907 g/mol. The fraction of sp³-hybridized carbons (Fsp3) is 0.540. The summed E-state index contributed by atoms with van der Waals surface area (Å²) < 4.78 is 13.0. The van der Waals surface area contributed by atoms with E-state index >= 15 is 0 Å². The molecule has 0 saturated carbocycles. The lowest BCUT2D eigenvalue weighted by Crippen LogP contribution is -2.62. The summed E-state index contributed by atoms with van der Waals surface area (Å²) >= 11 is 0. The minimum Gasteiger partial charge on any atom is -0.385 e. The number of pyridine rings is 1. The highest BCUT2D eigenvalue weighted by Gasteiger charge is 2.40. The minimum absolute atomic E-state index is 0.110. The van der Waals surface area contributed by atoms with Gasteiger partial charge in [-0.1, -0.05) is 58.0 Å². The van der Waals surface area contributed by atoms with Gasteiger partial charge in [0.25, 0.3) is 5.91 Å². The molecular weight excluding hydrogens is 839 g/mol. The van der Waals surface area contributed by atoms with Gasteiger partial charge in [-0.3, -0.25) is 24.4 Å². The van der Waals surface area contributed by atoms with Gasteiger partial charge in [-0.25, -0.2) is 14.8 Å². The number of amides is 3. The number of rotatable bonds is 16. The first-order valence-electron chi connectivity index (χ1n) is 23.2. The van der Waals surface area contributed by atoms with Crippen LogP contribution in [0.3, 0.4) is 0 Å². The van der Waals surface area contributed by atoms with Crippen LogP contribution in [0.25, 0.3) is 33.3 Å². The number of methoxy groups -OCH3 is 2. The Bertz CT molecular complexity index is 2410. The molecule has 1 saturated heterocycles. The van der Waals surface area contributed by atoms with Crippen molar-refractivity contribution in [3.63, 3.8) is 0 Å². The van der Waals surface area contributed by atoms with Crippen molar-refractivity contribution in [3.8, 4) is 22.4 Å². The molecule has 3 atom stereocenters. The Morgan fingerprint density at radius 1 is 1.09 bits per heavy atom. The van der Waals surface area contributed by atoms with Crippen molar-refractivity contribution < 1.29 is 33.6 Å². The maximum atomic E-state index is 14.6. The summed E-state index contributed by atoms with van der Waals surface area (Å²) in [7, 11) is 4.96. The number of nitrogens with one attached hydrogen (secondary N) is 2. The van der Waals surface area contributed by atoms with Crippen molar-refractivity contribution in [2.45, 2.75) is 111 Å². The third kappa shape index (κ3) is 12.1. The van der Waals surface area contributed by atoms with Gasteiger partial charge in [0.1, 0.15) is 12.1 Å². The van der Waals surface area contributed by atoms with E-state index in [2.05, 4.69) is 87.4 Å². The van der Waals surface area contributed by atoms with Gasteiger partial charge in [-0.05, 0) is 84.5 Å². The zero-order chi connectivity index (χ0) is 47.4. The van der Waals surface area contributed by atoms with Crippen LogP contribution < -0.4 is 10.7 Å². The Labute approximate surface area is 388 Å². The molecule has 0 radical (unpaired) electrons. The number of carbonyl (C=O) groups excluding carboxylic acids is 3. The Morgan fingerprint density at radius 3 is 2.61 bits per heavy atom. The molecule has 2 aliphatic rings. The van der Waals surface area contributed by atoms with Gasteiger partial charge < -0.3 is 24.3 Å². The Balaban J connectivity index is 1.35. The lowest BCUT2D eigenvalue weighted by atomic mass is 9.84. The van der Waals surface area contributed by atoms with Crippen LogP contribution in [0, 0.1) is 16.2 Å². The molecule has 2 aliphatic heterocycles. The van der Waals surface area contributed by atoms with E-state index < -0.39 is 35.5 Å². The molecule has 1 fully saturated rings. The fourth-order valence-corrected chi connectivity index (χ4v) is 9.04. The van der Waals surface area contributed by atoms with Crippen LogP contribution in [0.4, 0.5) is 0 Å². The third-order valence-electron chi connectivity index (χ3n) is 12.3. The van der Waals surface area contributed by atoms with Gasteiger partial charge in [-0.15, -0.1) is 0 Å². The van der Waals surface area contributed by atoms with Crippen LogP contribution in [0.1, 0.15) is 83.4 Å². The molecule has 0 aliphatic carbocycles. The molecule has 2 N–H and O–H groups in total. The molecule has 6 rings (SSSR count). The van der Waals surface area contributed by atoms with Crippen molar-refractivity contribution in [1.29, 1.82) is 0 Å². The summed E-state index contributed by atoms with van der Waals surface area (Å²) in [6, 6.07) is 17.3. The molecule has 6 bridgehead atoms. The zero-order valence-electron chi connectivity index (χ0n) is 40.0. The number of fused-ring (bicyclic) bond motifs is 6. The van der Waals surface area contributed by atoms with Crippen molar-refractivity contribution in [2.75, 3.05) is 54.1 Å². The topological polar surface area (TPSA) is 172 Å². The number of carbonyl (C=O) groups is 3. The first kappa shape index (κ1) is 49.6. The summed E-state index contributed by atoms with van der Waals surface area (Å²) in [5.41, 5.74) is 10.6. The second-order valence-electron chi connectivity index (χ2n) is 18.4. The molecule has 16 heteroatoms. The highest BCUT2D eigenvalue weighted by Crippen LogP contribution is 2.41. The van der Waals surface area contributed by atoms with Crippen LogP contribution in [0.2, 0.25) is 0 Å². The Kier molecular flexibility index (Phi) is 17.4. The summed E-state index contributed by atoms with van der Waals surface area (Å²) in [5, 5.41) is 5.56. The predicted molar refractivity (Wildman–Crippen MR) is 254 cm³/mol. The largest absolute Gasteiger partial charge is 0.385 e. The highest BCUT2D eigenvalue weighted by molar-refractivity contribution is 5.96. The van der Waals surface area contributed by atoms with Gasteiger partial charge in [-0.2, -0.15) is 5.43 Å². The molecule has 2 aromatic heterocycles. The van der Waals surface area contributed by atoms with E-state index in [1.165, 1.54) is 9.91 Å². The average Bonchev–Trinajstić information content (AvgIpc) is 3.60. The summed E-state index contributed by atoms with van der Waals surface area (Å²) in [4.78, 5) is 77.2. The lowest BCUT2D eigenvalue weighted by molar-refractivity contribution is -0.835. The predicted octanol–water partition coefficient (Wildman–Crippen LogP) is 6.78. The number of benzene rings is 2. The molecule has 0 unspecified atom stereocenters. The molecular formula is C50H68N9O7+. The number of aliphatic imine (C=N–C) groups is 2. The van der Waals surface area contributed by atoms with E-state index in [4.69, 9.17) is 14.3 Å². The number of ether oxygens (including phenoxy) is 2. The summed E-state index contributed by atoms with van der Waals surface area (Å²) in [6.07, 6.45) is 6.00. The summed E-state index contributed by atoms with van der Waals surface area (Å²) in [5.74, 6) is -1.32. The first-order chi connectivity index (χ1) is 31.8. The van der Waals surface area contributed by atoms with E-state index in [0.29, 0.717) is 70.0 Å². The number of hydrazine groups is 1. The second-order valence-corrected chi connectivity index (χ2v) is 18.4. The highest BCUT2D eigenvalue weighted by atomic mass is 16.8. The van der Waals surface area contributed by atoms with Gasteiger partial charge in [0, 0.05) is 94.5 Å². The summed E-state index contributed by atoms with van der Waals surface area (Å²) in [6.45, 7) is 13.2. The standard InChI is InChI=1S/C50H67N9O7/c1-9-57-43-19-18-37-28-39(43)40(47(57)41-30-51-23-20-38(41)31-65-8)29-50(4,5)32-66-59(63)44-16-12-24-58(55-44)49(62)42(27-35-14-10-15-36(37)26-35)54-48(61)46(34(2)3)56(6)45(60)17-11-21-52-33-53-22-13-25-64-7/h10,14-15,18-20,23,26,28,30,34,42,44,46,55H,9,11-13,16-17,21-22,24-25,27,29,31-32H2,1-8H3/p+1/t42-,44+,46-/m0/s1. The van der Waals surface area contributed by atoms with Crippen LogP contribution in [0.15, 0.2) is 70.9 Å². The molecule has 354 valence electrons. The Morgan fingerprint density at radius 2 is 1.86 bits per heavy atom. The van der Waals surface area contributed by atoms with Gasteiger partial charge in [0.05, 0.1) is 36.3 Å². The van der Waals surface area contributed by atoms with E-state index in [9.17, 15) is 19.3 Å². The molecule has 0 spiro atoms. The van der Waals surface area contributed by atoms with Gasteiger partial charge >= 0.3 is 6.17 Å². The maximum Gasteiger partial charge on any atom is 0.326 e. The van der Waals surface area contributed by atoms with Crippen molar-refractivity contribution in [2.24, 2.45) is 21.3 Å². The molecule has 66 heavy (non-hydrogen) atoms. The number of hydrogen-bond donors (Lipinski definition) is 2. The SMILES string of the molecule is CCn1c(-c2cnccc2COC)c2c3cc(ccc31)-c1cccc(c1)C[C@H](NC(=O)[C@H](C(C)C)N(C)C(=O)CCCN=C=NCCCOC)C(=O)N1CCC[C@H](N1)[N+](=O)OCC(C)(C)C2.